The number of thiocarbonyl (C=S) groups is 1. The van der Waals surface area contributed by atoms with Gasteiger partial charge in [-0.25, -0.2) is 9.28 Å². The summed E-state index contributed by atoms with van der Waals surface area (Å²) in [6.07, 6.45) is 1.90. The van der Waals surface area contributed by atoms with Crippen LogP contribution in [-0.2, 0) is 9.53 Å². The van der Waals surface area contributed by atoms with Gasteiger partial charge in [-0.1, -0.05) is 24.4 Å². The van der Waals surface area contributed by atoms with Gasteiger partial charge in [-0.15, -0.1) is 0 Å². The molecule has 1 aliphatic rings. The maximum Gasteiger partial charge on any atom is 0.393 e. The average molecular weight is 339 g/mol. The third-order valence-corrected chi connectivity index (χ3v) is 4.58. The first kappa shape index (κ1) is 16.4. The Morgan fingerprint density at radius 3 is 2.46 bits per heavy atom. The zero-order valence-corrected chi connectivity index (χ0v) is 14.5. The molecule has 0 spiro atoms. The van der Waals surface area contributed by atoms with Gasteiger partial charge in [0.1, 0.15) is 10.7 Å². The number of benzene rings is 2. The van der Waals surface area contributed by atoms with Crippen molar-refractivity contribution in [1.29, 1.82) is 0 Å². The maximum atomic E-state index is 12.5. The summed E-state index contributed by atoms with van der Waals surface area (Å²) in [5.41, 5.74) is 10.1. The maximum absolute atomic E-state index is 12.5. The van der Waals surface area contributed by atoms with Gasteiger partial charge < -0.3 is 10.5 Å². The van der Waals surface area contributed by atoms with Crippen LogP contribution in [0.5, 0.6) is 0 Å². The smallest absolute Gasteiger partial charge is 0.393 e. The molecule has 5 heteroatoms. The number of likely N-dealkylation sites (N-methyl/N-ethyl adjacent to an activating group) is 1. The van der Waals surface area contributed by atoms with Crippen LogP contribution in [0.2, 0.25) is 0 Å². The Balaban J connectivity index is 2.14. The second-order valence-corrected chi connectivity index (χ2v) is 6.17. The van der Waals surface area contributed by atoms with Crippen molar-refractivity contribution in [3.05, 3.63) is 65.4 Å². The number of para-hydroxylation sites is 1. The average Bonchev–Trinajstić information content (AvgIpc) is 2.90. The van der Waals surface area contributed by atoms with Crippen LogP contribution in [0.1, 0.15) is 18.1 Å². The second kappa shape index (κ2) is 6.19. The van der Waals surface area contributed by atoms with E-state index >= 15 is 0 Å². The van der Waals surface area contributed by atoms with Gasteiger partial charge in [0.05, 0.1) is 13.7 Å². The van der Waals surface area contributed by atoms with Gasteiger partial charge in [-0.2, -0.15) is 0 Å². The molecule has 4 nitrogen and oxygen atoms in total. The first-order chi connectivity index (χ1) is 11.5. The molecule has 0 aromatic heterocycles. The number of fused-ring (bicyclic) bond motifs is 1. The molecule has 0 amide bonds. The Morgan fingerprint density at radius 2 is 1.83 bits per heavy atom. The van der Waals surface area contributed by atoms with E-state index in [0.29, 0.717) is 17.3 Å². The lowest BCUT2D eigenvalue weighted by molar-refractivity contribution is -0.139. The second-order valence-electron chi connectivity index (χ2n) is 5.73. The summed E-state index contributed by atoms with van der Waals surface area (Å²) >= 11 is 5.02. The van der Waals surface area contributed by atoms with Gasteiger partial charge in [0.2, 0.25) is 5.70 Å². The Labute approximate surface area is 146 Å². The van der Waals surface area contributed by atoms with Gasteiger partial charge in [-0.05, 0) is 25.1 Å². The summed E-state index contributed by atoms with van der Waals surface area (Å²) < 4.78 is 5.53. The first-order valence-corrected chi connectivity index (χ1v) is 8.15. The summed E-state index contributed by atoms with van der Waals surface area (Å²) in [5.74, 6) is -0.311. The molecule has 1 heterocycles. The van der Waals surface area contributed by atoms with Gasteiger partial charge >= 0.3 is 5.97 Å². The zero-order valence-electron chi connectivity index (χ0n) is 13.7. The van der Waals surface area contributed by atoms with Crippen LogP contribution in [0.4, 0.5) is 11.4 Å². The quantitative estimate of drug-likeness (QED) is 0.526. The van der Waals surface area contributed by atoms with E-state index in [0.717, 1.165) is 22.5 Å². The minimum Gasteiger partial charge on any atom is -0.458 e. The van der Waals surface area contributed by atoms with Crippen LogP contribution in [0.3, 0.4) is 0 Å². The Kier molecular flexibility index (Phi) is 4.22. The van der Waals surface area contributed by atoms with Gasteiger partial charge in [0.25, 0.3) is 0 Å². The topological polar surface area (TPSA) is 52.3 Å². The largest absolute Gasteiger partial charge is 0.458 e. The highest BCUT2D eigenvalue weighted by molar-refractivity contribution is 7.80. The van der Waals surface area contributed by atoms with Gasteiger partial charge in [-0.3, -0.25) is 0 Å². The van der Waals surface area contributed by atoms with Crippen molar-refractivity contribution in [3.8, 4) is 0 Å². The minimum absolute atomic E-state index is 0.257. The molecular weight excluding hydrogens is 320 g/mol. The number of carbonyl (C=O) groups excluding carboxylic acids is 1. The fourth-order valence-electron chi connectivity index (χ4n) is 3.07. The highest BCUT2D eigenvalue weighted by Gasteiger charge is 2.44. The number of carbonyl (C=O) groups is 1. The van der Waals surface area contributed by atoms with E-state index in [-0.39, 0.29) is 10.5 Å². The number of quaternary nitrogens is 1. The molecule has 3 rings (SSSR count). The van der Waals surface area contributed by atoms with Crippen molar-refractivity contribution in [2.24, 2.45) is 5.73 Å². The van der Waals surface area contributed by atoms with Crippen LogP contribution >= 0.6 is 12.2 Å². The fraction of sp³-hybridized carbons (Fsp3) is 0.158. The highest BCUT2D eigenvalue weighted by Crippen LogP contribution is 2.45. The van der Waals surface area contributed by atoms with Crippen molar-refractivity contribution >= 4 is 40.6 Å². The number of nitrogens with two attached hydrogens (primary N) is 1. The van der Waals surface area contributed by atoms with E-state index in [1.807, 2.05) is 68.6 Å². The van der Waals surface area contributed by atoms with Crippen LogP contribution in [0, 0.1) is 0 Å². The Bertz CT molecular complexity index is 843. The molecule has 0 bridgehead atoms. The van der Waals surface area contributed by atoms with Crippen molar-refractivity contribution in [1.82, 2.24) is 4.48 Å². The van der Waals surface area contributed by atoms with E-state index in [1.54, 1.807) is 0 Å². The molecular formula is C19H19N2O2S+. The fourth-order valence-corrected chi connectivity index (χ4v) is 3.21. The van der Waals surface area contributed by atoms with Gasteiger partial charge in [0, 0.05) is 35.4 Å². The molecule has 1 aliphatic heterocycles. The van der Waals surface area contributed by atoms with Crippen LogP contribution in [-0.4, -0.2) is 24.6 Å². The summed E-state index contributed by atoms with van der Waals surface area (Å²) in [6, 6.07) is 15.6. The summed E-state index contributed by atoms with van der Waals surface area (Å²) in [6.45, 7) is 2.15. The summed E-state index contributed by atoms with van der Waals surface area (Å²) in [7, 11) is 1.99. The SMILES string of the molecule is CCOC(=O)C1=Cc2ccccc2[N+]1(C)c1ccc(C(N)=S)cc1. The van der Waals surface area contributed by atoms with Crippen LogP contribution < -0.4 is 10.2 Å². The molecule has 1 atom stereocenters. The van der Waals surface area contributed by atoms with E-state index in [9.17, 15) is 4.79 Å². The van der Waals surface area contributed by atoms with E-state index in [1.165, 1.54) is 0 Å². The van der Waals surface area contributed by atoms with Crippen molar-refractivity contribution in [2.75, 3.05) is 13.7 Å². The molecule has 2 N–H and O–H groups in total. The lowest BCUT2D eigenvalue weighted by atomic mass is 10.1. The monoisotopic (exact) mass is 339 g/mol. The molecule has 2 aromatic rings. The molecule has 0 aliphatic carbocycles. The third-order valence-electron chi connectivity index (χ3n) is 4.35. The number of hydrogen-bond acceptors (Lipinski definition) is 3. The molecule has 0 fully saturated rings. The van der Waals surface area contributed by atoms with E-state index in [2.05, 4.69) is 0 Å². The van der Waals surface area contributed by atoms with Crippen LogP contribution in [0.25, 0.3) is 6.08 Å². The normalized spacial score (nSPS) is 18.7. The minimum atomic E-state index is -0.311. The standard InChI is InChI=1S/C19H18N2O2S/c1-3-23-19(22)17-12-14-6-4-5-7-16(14)21(17,2)15-10-8-13(9-11-15)18(20)24/h4-12H,3H2,1-2H3,(H-,20,24)/p+1. The summed E-state index contributed by atoms with van der Waals surface area (Å²) in [5, 5.41) is 0. The number of nitrogens with zero attached hydrogens (tertiary/aromatic N) is 1. The van der Waals surface area contributed by atoms with E-state index in [4.69, 9.17) is 22.7 Å². The van der Waals surface area contributed by atoms with Crippen molar-refractivity contribution in [3.63, 3.8) is 0 Å². The highest BCUT2D eigenvalue weighted by atomic mass is 32.1. The van der Waals surface area contributed by atoms with Crippen LogP contribution in [0.15, 0.2) is 54.2 Å². The predicted molar refractivity (Wildman–Crippen MR) is 101 cm³/mol. The number of hydrogen-bond donors (Lipinski definition) is 1. The molecule has 0 saturated heterocycles. The van der Waals surface area contributed by atoms with Crippen molar-refractivity contribution < 1.29 is 9.53 Å². The first-order valence-electron chi connectivity index (χ1n) is 7.74. The Morgan fingerprint density at radius 1 is 1.17 bits per heavy atom. The third kappa shape index (κ3) is 2.52. The number of ether oxygens (including phenoxy) is 1. The molecule has 1 unspecified atom stereocenters. The molecule has 0 saturated carbocycles. The molecule has 2 aromatic carbocycles. The lowest BCUT2D eigenvalue weighted by Gasteiger charge is -2.31. The van der Waals surface area contributed by atoms with E-state index < -0.39 is 0 Å². The number of rotatable bonds is 4. The summed E-state index contributed by atoms with van der Waals surface area (Å²) in [4.78, 5) is 12.9. The molecule has 0 radical (unpaired) electrons. The molecule has 122 valence electrons. The molecule has 24 heavy (non-hydrogen) atoms. The lowest BCUT2D eigenvalue weighted by Crippen LogP contribution is -2.40. The number of esters is 1. The van der Waals surface area contributed by atoms with Gasteiger partial charge in [0.15, 0.2) is 5.69 Å². The zero-order chi connectivity index (χ0) is 17.3. The van der Waals surface area contributed by atoms with Crippen molar-refractivity contribution in [2.45, 2.75) is 6.92 Å². The predicted octanol–water partition coefficient (Wildman–Crippen LogP) is 3.51. The Hall–Kier alpha value is -2.50.